The van der Waals surface area contributed by atoms with E-state index in [0.717, 1.165) is 5.75 Å². The molecule has 104 valence electrons. The summed E-state index contributed by atoms with van der Waals surface area (Å²) in [7, 11) is 0. The summed E-state index contributed by atoms with van der Waals surface area (Å²) >= 11 is 1.50. The van der Waals surface area contributed by atoms with E-state index in [4.69, 9.17) is 4.42 Å². The quantitative estimate of drug-likeness (QED) is 0.906. The fraction of sp³-hybridized carbons (Fsp3) is 0.308. The lowest BCUT2D eigenvalue weighted by molar-refractivity contribution is -0.122. The molecule has 2 aromatic rings. The first-order valence-corrected chi connectivity index (χ1v) is 7.23. The molecule has 1 aliphatic heterocycles. The van der Waals surface area contributed by atoms with Gasteiger partial charge in [0.1, 0.15) is 6.04 Å². The topological polar surface area (TPSA) is 76.6 Å². The van der Waals surface area contributed by atoms with E-state index in [0.29, 0.717) is 22.8 Å². The Morgan fingerprint density at radius 1 is 1.50 bits per heavy atom. The molecule has 6 nitrogen and oxygen atoms in total. The maximum atomic E-state index is 12.2. The van der Waals surface area contributed by atoms with Crippen LogP contribution in [0, 0.1) is 0 Å². The van der Waals surface area contributed by atoms with Crippen LogP contribution in [0.2, 0.25) is 0 Å². The maximum absolute atomic E-state index is 12.2. The Bertz CT molecular complexity index is 747. The number of fused-ring (bicyclic) bond motifs is 1. The van der Waals surface area contributed by atoms with E-state index in [9.17, 15) is 9.59 Å². The van der Waals surface area contributed by atoms with Crippen molar-refractivity contribution in [2.75, 3.05) is 12.3 Å². The molecule has 0 saturated carbocycles. The van der Waals surface area contributed by atoms with Crippen LogP contribution < -0.4 is 11.1 Å². The zero-order valence-electron chi connectivity index (χ0n) is 10.8. The van der Waals surface area contributed by atoms with Crippen molar-refractivity contribution in [1.29, 1.82) is 0 Å². The summed E-state index contributed by atoms with van der Waals surface area (Å²) in [5.74, 6) is 0.0696. The van der Waals surface area contributed by atoms with E-state index < -0.39 is 11.8 Å². The van der Waals surface area contributed by atoms with Gasteiger partial charge in [0.15, 0.2) is 10.8 Å². The predicted molar refractivity (Wildman–Crippen MR) is 78.1 cm³/mol. The zero-order valence-corrected chi connectivity index (χ0v) is 11.6. The lowest BCUT2D eigenvalue weighted by Gasteiger charge is -2.12. The zero-order chi connectivity index (χ0) is 14.1. The maximum Gasteiger partial charge on any atom is 0.420 e. The highest BCUT2D eigenvalue weighted by atomic mass is 32.2. The highest BCUT2D eigenvalue weighted by Crippen LogP contribution is 2.17. The molecule has 0 fully saturated rings. The minimum Gasteiger partial charge on any atom is -0.408 e. The lowest BCUT2D eigenvalue weighted by atomic mass is 10.2. The number of hydrogen-bond acceptors (Lipinski definition) is 5. The number of aromatic nitrogens is 1. The molecule has 7 heteroatoms. The first-order valence-electron chi connectivity index (χ1n) is 6.25. The summed E-state index contributed by atoms with van der Waals surface area (Å²) in [5.41, 5.74) is 1.09. The minimum absolute atomic E-state index is 0.271. The van der Waals surface area contributed by atoms with Crippen molar-refractivity contribution < 1.29 is 9.21 Å². The van der Waals surface area contributed by atoms with Gasteiger partial charge in [0.05, 0.1) is 12.1 Å². The Labute approximate surface area is 118 Å². The number of para-hydroxylation sites is 2. The van der Waals surface area contributed by atoms with Crippen molar-refractivity contribution in [2.45, 2.75) is 13.0 Å². The highest BCUT2D eigenvalue weighted by molar-refractivity contribution is 8.14. The third kappa shape index (κ3) is 2.24. The standard InChI is InChI=1S/C13H13N3O3S/c1-8(11(17)15-12-14-6-7-20-12)16-9-4-2-3-5-10(9)19-13(16)18/h2-5,8H,6-7H2,1H3,(H,14,15,17)/t8-/m0/s1. The number of thioether (sulfide) groups is 1. The molecular formula is C13H13N3O3S. The summed E-state index contributed by atoms with van der Waals surface area (Å²) in [5, 5.41) is 3.35. The second kappa shape index (κ2) is 5.16. The van der Waals surface area contributed by atoms with E-state index in [-0.39, 0.29) is 5.91 Å². The van der Waals surface area contributed by atoms with Crippen LogP contribution in [-0.4, -0.2) is 27.9 Å². The van der Waals surface area contributed by atoms with Gasteiger partial charge in [-0.25, -0.2) is 4.79 Å². The number of benzene rings is 1. The third-order valence-electron chi connectivity index (χ3n) is 3.10. The van der Waals surface area contributed by atoms with Crippen LogP contribution in [0.1, 0.15) is 13.0 Å². The minimum atomic E-state index is -0.657. The SMILES string of the molecule is C[C@@H](C(=O)NC1=NCCS1)n1c(=O)oc2ccccc21. The average Bonchev–Trinajstić information content (AvgIpc) is 3.04. The highest BCUT2D eigenvalue weighted by Gasteiger charge is 2.22. The molecule has 1 amide bonds. The third-order valence-corrected chi connectivity index (χ3v) is 3.99. The molecule has 1 aromatic heterocycles. The molecule has 1 aliphatic rings. The van der Waals surface area contributed by atoms with Gasteiger partial charge in [-0.15, -0.1) is 0 Å². The van der Waals surface area contributed by atoms with Crippen molar-refractivity contribution >= 4 is 33.9 Å². The molecule has 2 heterocycles. The number of rotatable bonds is 2. The van der Waals surface area contributed by atoms with E-state index in [1.807, 2.05) is 0 Å². The van der Waals surface area contributed by atoms with Crippen LogP contribution >= 0.6 is 11.8 Å². The summed E-state index contributed by atoms with van der Waals surface area (Å²) in [4.78, 5) is 28.3. The molecule has 3 rings (SSSR count). The van der Waals surface area contributed by atoms with Gasteiger partial charge in [0.25, 0.3) is 0 Å². The number of carbonyl (C=O) groups is 1. The molecule has 0 bridgehead atoms. The van der Waals surface area contributed by atoms with Crippen molar-refractivity contribution in [3.05, 3.63) is 34.8 Å². The molecule has 1 aromatic carbocycles. The van der Waals surface area contributed by atoms with E-state index in [2.05, 4.69) is 10.3 Å². The molecule has 0 unspecified atom stereocenters. The molecule has 1 N–H and O–H groups in total. The number of nitrogens with zero attached hydrogens (tertiary/aromatic N) is 2. The fourth-order valence-corrected chi connectivity index (χ4v) is 2.82. The van der Waals surface area contributed by atoms with Gasteiger partial charge in [-0.2, -0.15) is 0 Å². The number of oxazole rings is 1. The van der Waals surface area contributed by atoms with E-state index in [1.54, 1.807) is 31.2 Å². The Morgan fingerprint density at radius 2 is 2.30 bits per heavy atom. The first-order chi connectivity index (χ1) is 9.66. The Balaban J connectivity index is 1.91. The molecule has 1 atom stereocenters. The average molecular weight is 291 g/mol. The number of carbonyl (C=O) groups excluding carboxylic acids is 1. The van der Waals surface area contributed by atoms with Crippen LogP contribution in [0.25, 0.3) is 11.1 Å². The Morgan fingerprint density at radius 3 is 3.05 bits per heavy atom. The van der Waals surface area contributed by atoms with Crippen molar-refractivity contribution in [3.63, 3.8) is 0 Å². The van der Waals surface area contributed by atoms with Gasteiger partial charge in [-0.1, -0.05) is 23.9 Å². The summed E-state index contributed by atoms with van der Waals surface area (Å²) in [6, 6.07) is 6.38. The van der Waals surface area contributed by atoms with Crippen LogP contribution in [0.3, 0.4) is 0 Å². The molecule has 20 heavy (non-hydrogen) atoms. The smallest absolute Gasteiger partial charge is 0.408 e. The largest absolute Gasteiger partial charge is 0.420 e. The van der Waals surface area contributed by atoms with Gasteiger partial charge >= 0.3 is 5.76 Å². The molecule has 0 radical (unpaired) electrons. The van der Waals surface area contributed by atoms with Crippen molar-refractivity contribution in [2.24, 2.45) is 4.99 Å². The normalized spacial score (nSPS) is 16.1. The Hall–Kier alpha value is -2.02. The number of amidine groups is 1. The van der Waals surface area contributed by atoms with Gasteiger partial charge in [-0.05, 0) is 19.1 Å². The van der Waals surface area contributed by atoms with Gasteiger partial charge in [0.2, 0.25) is 5.91 Å². The second-order valence-corrected chi connectivity index (χ2v) is 5.49. The van der Waals surface area contributed by atoms with Gasteiger partial charge in [0, 0.05) is 5.75 Å². The monoisotopic (exact) mass is 291 g/mol. The van der Waals surface area contributed by atoms with Crippen LogP contribution in [0.4, 0.5) is 0 Å². The number of nitrogens with one attached hydrogen (secondary N) is 1. The summed E-state index contributed by atoms with van der Waals surface area (Å²) < 4.78 is 6.48. The molecule has 0 saturated heterocycles. The van der Waals surface area contributed by atoms with Crippen molar-refractivity contribution in [3.8, 4) is 0 Å². The summed E-state index contributed by atoms with van der Waals surface area (Å²) in [6.45, 7) is 2.38. The molecular weight excluding hydrogens is 278 g/mol. The Kier molecular flexibility index (Phi) is 3.35. The number of aliphatic imine (C=N–C) groups is 1. The predicted octanol–water partition coefficient (Wildman–Crippen LogP) is 1.37. The molecule has 0 spiro atoms. The van der Waals surface area contributed by atoms with Crippen LogP contribution in [0.5, 0.6) is 0 Å². The van der Waals surface area contributed by atoms with E-state index in [1.165, 1.54) is 16.3 Å². The summed E-state index contributed by atoms with van der Waals surface area (Å²) in [6.07, 6.45) is 0. The number of hydrogen-bond donors (Lipinski definition) is 1. The van der Waals surface area contributed by atoms with Crippen LogP contribution in [0.15, 0.2) is 38.5 Å². The fourth-order valence-electron chi connectivity index (χ4n) is 2.09. The first kappa shape index (κ1) is 13.0. The second-order valence-electron chi connectivity index (χ2n) is 4.41. The van der Waals surface area contributed by atoms with Gasteiger partial charge < -0.3 is 9.73 Å². The lowest BCUT2D eigenvalue weighted by Crippen LogP contribution is -2.36. The molecule has 0 aliphatic carbocycles. The van der Waals surface area contributed by atoms with Crippen LogP contribution in [-0.2, 0) is 4.79 Å². The van der Waals surface area contributed by atoms with Gasteiger partial charge in [-0.3, -0.25) is 14.4 Å². The number of amides is 1. The van der Waals surface area contributed by atoms with Crippen molar-refractivity contribution in [1.82, 2.24) is 9.88 Å². The van der Waals surface area contributed by atoms with E-state index >= 15 is 0 Å².